The third-order valence-electron chi connectivity index (χ3n) is 4.79. The first-order chi connectivity index (χ1) is 10.9. The first-order valence-corrected chi connectivity index (χ1v) is 8.01. The summed E-state index contributed by atoms with van der Waals surface area (Å²) in [6.07, 6.45) is 0.400. The number of benzene rings is 1. The first kappa shape index (κ1) is 15.8. The number of carbonyl (C=O) groups excluding carboxylic acids is 2. The first-order valence-electron chi connectivity index (χ1n) is 8.01. The number of hydrogen-bond acceptors (Lipinski definition) is 4. The van der Waals surface area contributed by atoms with E-state index in [-0.39, 0.29) is 36.3 Å². The van der Waals surface area contributed by atoms with Gasteiger partial charge in [0.1, 0.15) is 6.04 Å². The molecule has 0 saturated heterocycles. The molecule has 1 aromatic rings. The molecule has 3 atom stereocenters. The number of amides is 2. The third-order valence-corrected chi connectivity index (χ3v) is 4.79. The van der Waals surface area contributed by atoms with Crippen LogP contribution in [-0.4, -0.2) is 42.7 Å². The van der Waals surface area contributed by atoms with Crippen LogP contribution >= 0.6 is 0 Å². The van der Waals surface area contributed by atoms with Gasteiger partial charge in [0, 0.05) is 24.0 Å². The Bertz CT molecular complexity index is 644. The van der Waals surface area contributed by atoms with Crippen molar-refractivity contribution in [2.45, 2.75) is 38.3 Å². The van der Waals surface area contributed by atoms with E-state index in [1.165, 1.54) is 0 Å². The minimum absolute atomic E-state index is 0.0726. The fourth-order valence-corrected chi connectivity index (χ4v) is 3.74. The zero-order chi connectivity index (χ0) is 16.7. The SMILES string of the molecule is CC(C)[C@H]1C(=O)N[C@H](CO)C[C@H]2C(=O)Nc3cccc(c32)N1C. The van der Waals surface area contributed by atoms with Crippen molar-refractivity contribution in [3.05, 3.63) is 23.8 Å². The quantitative estimate of drug-likeness (QED) is 0.762. The number of aliphatic hydroxyl groups excluding tert-OH is 1. The predicted octanol–water partition coefficient (Wildman–Crippen LogP) is 1.06. The third kappa shape index (κ3) is 2.57. The number of likely N-dealkylation sites (N-methyl/N-ethyl adjacent to an activating group) is 1. The van der Waals surface area contributed by atoms with Crippen molar-refractivity contribution in [3.8, 4) is 0 Å². The van der Waals surface area contributed by atoms with Crippen molar-refractivity contribution in [3.63, 3.8) is 0 Å². The maximum Gasteiger partial charge on any atom is 0.243 e. The molecule has 23 heavy (non-hydrogen) atoms. The monoisotopic (exact) mass is 317 g/mol. The van der Waals surface area contributed by atoms with Gasteiger partial charge >= 0.3 is 0 Å². The van der Waals surface area contributed by atoms with Crippen LogP contribution < -0.4 is 15.5 Å². The molecule has 6 nitrogen and oxygen atoms in total. The van der Waals surface area contributed by atoms with Crippen LogP contribution in [0.5, 0.6) is 0 Å². The van der Waals surface area contributed by atoms with Crippen LogP contribution in [0.3, 0.4) is 0 Å². The van der Waals surface area contributed by atoms with Crippen LogP contribution in [0.15, 0.2) is 18.2 Å². The van der Waals surface area contributed by atoms with Crippen molar-refractivity contribution in [2.75, 3.05) is 23.9 Å². The number of rotatable bonds is 2. The second-order valence-corrected chi connectivity index (χ2v) is 6.70. The van der Waals surface area contributed by atoms with Crippen molar-refractivity contribution in [1.82, 2.24) is 5.32 Å². The molecular weight excluding hydrogens is 294 g/mol. The van der Waals surface area contributed by atoms with Crippen LogP contribution in [0.2, 0.25) is 0 Å². The van der Waals surface area contributed by atoms with Crippen LogP contribution in [0, 0.1) is 5.92 Å². The summed E-state index contributed by atoms with van der Waals surface area (Å²) in [6, 6.07) is 4.95. The van der Waals surface area contributed by atoms with Gasteiger partial charge in [-0.15, -0.1) is 0 Å². The van der Waals surface area contributed by atoms with Crippen molar-refractivity contribution < 1.29 is 14.7 Å². The highest BCUT2D eigenvalue weighted by molar-refractivity contribution is 6.05. The van der Waals surface area contributed by atoms with Gasteiger partial charge in [-0.3, -0.25) is 9.59 Å². The summed E-state index contributed by atoms with van der Waals surface area (Å²) in [7, 11) is 1.89. The molecule has 2 aliphatic heterocycles. The van der Waals surface area contributed by atoms with Crippen LogP contribution in [0.4, 0.5) is 11.4 Å². The molecule has 0 aliphatic carbocycles. The maximum absolute atomic E-state index is 12.7. The summed E-state index contributed by atoms with van der Waals surface area (Å²) in [5.41, 5.74) is 2.64. The molecule has 3 rings (SSSR count). The lowest BCUT2D eigenvalue weighted by Crippen LogP contribution is -2.51. The molecule has 0 fully saturated rings. The summed E-state index contributed by atoms with van der Waals surface area (Å²) in [4.78, 5) is 27.0. The fourth-order valence-electron chi connectivity index (χ4n) is 3.74. The number of anilines is 2. The molecule has 0 unspecified atom stereocenters. The van der Waals surface area contributed by atoms with E-state index in [1.54, 1.807) is 0 Å². The molecule has 0 bridgehead atoms. The van der Waals surface area contributed by atoms with E-state index in [1.807, 2.05) is 44.0 Å². The highest BCUT2D eigenvalue weighted by Crippen LogP contribution is 2.43. The van der Waals surface area contributed by atoms with Gasteiger partial charge in [0.2, 0.25) is 11.8 Å². The molecule has 0 spiro atoms. The molecule has 0 aromatic heterocycles. The van der Waals surface area contributed by atoms with Gasteiger partial charge in [-0.2, -0.15) is 0 Å². The highest BCUT2D eigenvalue weighted by Gasteiger charge is 2.40. The van der Waals surface area contributed by atoms with E-state index >= 15 is 0 Å². The van der Waals surface area contributed by atoms with Crippen molar-refractivity contribution in [2.24, 2.45) is 5.92 Å². The Kier molecular flexibility index (Phi) is 4.02. The van der Waals surface area contributed by atoms with Crippen LogP contribution in [0.25, 0.3) is 0 Å². The van der Waals surface area contributed by atoms with Gasteiger partial charge in [0.15, 0.2) is 0 Å². The predicted molar refractivity (Wildman–Crippen MR) is 88.5 cm³/mol. The molecular formula is C17H23N3O3. The smallest absolute Gasteiger partial charge is 0.243 e. The zero-order valence-corrected chi connectivity index (χ0v) is 13.7. The number of aliphatic hydroxyl groups is 1. The Hall–Kier alpha value is -2.08. The summed E-state index contributed by atoms with van der Waals surface area (Å²) >= 11 is 0. The fraction of sp³-hybridized carbons (Fsp3) is 0.529. The average Bonchev–Trinajstić information content (AvgIpc) is 2.82. The van der Waals surface area contributed by atoms with Gasteiger partial charge in [0.05, 0.1) is 18.6 Å². The average molecular weight is 317 g/mol. The lowest BCUT2D eigenvalue weighted by Gasteiger charge is -2.33. The van der Waals surface area contributed by atoms with E-state index in [4.69, 9.17) is 0 Å². The van der Waals surface area contributed by atoms with Crippen LogP contribution in [-0.2, 0) is 9.59 Å². The molecule has 2 amide bonds. The summed E-state index contributed by atoms with van der Waals surface area (Å²) in [6.45, 7) is 3.81. The Labute approximate surface area is 135 Å². The topological polar surface area (TPSA) is 81.7 Å². The Balaban J connectivity index is 2.15. The van der Waals surface area contributed by atoms with E-state index in [0.29, 0.717) is 6.42 Å². The van der Waals surface area contributed by atoms with Gasteiger partial charge in [-0.1, -0.05) is 19.9 Å². The molecule has 1 aromatic carbocycles. The van der Waals surface area contributed by atoms with E-state index in [2.05, 4.69) is 10.6 Å². The summed E-state index contributed by atoms with van der Waals surface area (Å²) in [5, 5.41) is 15.4. The minimum atomic E-state index is -0.426. The highest BCUT2D eigenvalue weighted by atomic mass is 16.3. The van der Waals surface area contributed by atoms with Gasteiger partial charge in [-0.05, 0) is 24.5 Å². The van der Waals surface area contributed by atoms with Crippen LogP contribution in [0.1, 0.15) is 31.7 Å². The number of nitrogens with zero attached hydrogens (tertiary/aromatic N) is 1. The molecule has 0 radical (unpaired) electrons. The lowest BCUT2D eigenvalue weighted by atomic mass is 9.92. The molecule has 6 heteroatoms. The second kappa shape index (κ2) is 5.85. The van der Waals surface area contributed by atoms with E-state index in [0.717, 1.165) is 16.9 Å². The second-order valence-electron chi connectivity index (χ2n) is 6.70. The molecule has 124 valence electrons. The Morgan fingerprint density at radius 3 is 2.70 bits per heavy atom. The van der Waals surface area contributed by atoms with Gasteiger partial charge < -0.3 is 20.6 Å². The normalized spacial score (nSPS) is 27.0. The van der Waals surface area contributed by atoms with Crippen molar-refractivity contribution in [1.29, 1.82) is 0 Å². The zero-order valence-electron chi connectivity index (χ0n) is 13.7. The number of hydrogen-bond donors (Lipinski definition) is 3. The van der Waals surface area contributed by atoms with Crippen molar-refractivity contribution >= 4 is 23.2 Å². The molecule has 2 aliphatic rings. The van der Waals surface area contributed by atoms with Gasteiger partial charge in [-0.25, -0.2) is 0 Å². The molecule has 2 heterocycles. The van der Waals surface area contributed by atoms with E-state index in [9.17, 15) is 14.7 Å². The Morgan fingerprint density at radius 2 is 2.04 bits per heavy atom. The largest absolute Gasteiger partial charge is 0.394 e. The number of carbonyl (C=O) groups is 2. The summed E-state index contributed by atoms with van der Waals surface area (Å²) < 4.78 is 0. The number of nitrogens with one attached hydrogen (secondary N) is 2. The molecule has 3 N–H and O–H groups in total. The van der Waals surface area contributed by atoms with Gasteiger partial charge in [0.25, 0.3) is 0 Å². The minimum Gasteiger partial charge on any atom is -0.394 e. The summed E-state index contributed by atoms with van der Waals surface area (Å²) in [5.74, 6) is -0.445. The molecule has 0 saturated carbocycles. The Morgan fingerprint density at radius 1 is 1.30 bits per heavy atom. The maximum atomic E-state index is 12.7. The van der Waals surface area contributed by atoms with E-state index < -0.39 is 6.04 Å². The standard InChI is InChI=1S/C17H23N3O3/c1-9(2)15-17(23)18-10(8-21)7-11-14-12(19-16(11)22)5-4-6-13(14)20(15)3/h4-6,9-11,15,21H,7-8H2,1-3H3,(H,18,23)(H,19,22)/t10-,11+,15-/m0/s1. The lowest BCUT2D eigenvalue weighted by molar-refractivity contribution is -0.124.